The van der Waals surface area contributed by atoms with E-state index in [0.717, 1.165) is 0 Å². The molecule has 0 saturated carbocycles. The molecule has 0 amide bonds. The molecule has 98 valence electrons. The normalized spacial score (nSPS) is 10.2. The van der Waals surface area contributed by atoms with Crippen LogP contribution in [0.1, 0.15) is 11.1 Å². The summed E-state index contributed by atoms with van der Waals surface area (Å²) in [4.78, 5) is 18.1. The first-order valence-corrected chi connectivity index (χ1v) is 5.49. The Balaban J connectivity index is 2.32. The third-order valence-electron chi connectivity index (χ3n) is 2.66. The van der Waals surface area contributed by atoms with E-state index in [1.54, 1.807) is 19.9 Å². The van der Waals surface area contributed by atoms with Crippen LogP contribution in [0.2, 0.25) is 0 Å². The lowest BCUT2D eigenvalue weighted by Crippen LogP contribution is -1.99. The van der Waals surface area contributed by atoms with Gasteiger partial charge < -0.3 is 10.5 Å². The summed E-state index contributed by atoms with van der Waals surface area (Å²) in [5.74, 6) is 1.13. The molecule has 19 heavy (non-hydrogen) atoms. The highest BCUT2D eigenvalue weighted by Gasteiger charge is 2.12. The zero-order valence-corrected chi connectivity index (χ0v) is 10.5. The second-order valence-electron chi connectivity index (χ2n) is 4.00. The molecule has 7 nitrogen and oxygen atoms in total. The number of hydrogen-bond acceptors (Lipinski definition) is 6. The Hall–Kier alpha value is -2.70. The summed E-state index contributed by atoms with van der Waals surface area (Å²) >= 11 is 0. The molecule has 0 atom stereocenters. The Morgan fingerprint density at radius 1 is 1.32 bits per heavy atom. The van der Waals surface area contributed by atoms with Gasteiger partial charge in [0.25, 0.3) is 5.69 Å². The summed E-state index contributed by atoms with van der Waals surface area (Å²) < 4.78 is 5.55. The molecule has 0 saturated heterocycles. The maximum absolute atomic E-state index is 10.7. The van der Waals surface area contributed by atoms with Crippen molar-refractivity contribution in [1.82, 2.24) is 9.97 Å². The maximum Gasteiger partial charge on any atom is 0.272 e. The number of aryl methyl sites for hydroxylation is 1. The quantitative estimate of drug-likeness (QED) is 0.671. The van der Waals surface area contributed by atoms with E-state index in [1.165, 1.54) is 18.5 Å². The average Bonchev–Trinajstić information content (AvgIpc) is 2.34. The third kappa shape index (κ3) is 2.59. The molecule has 2 rings (SSSR count). The second kappa shape index (κ2) is 4.89. The van der Waals surface area contributed by atoms with Crippen molar-refractivity contribution in [3.63, 3.8) is 0 Å². The molecule has 1 aromatic heterocycles. The van der Waals surface area contributed by atoms with Crippen molar-refractivity contribution in [1.29, 1.82) is 0 Å². The van der Waals surface area contributed by atoms with Crippen LogP contribution in [0.4, 0.5) is 11.5 Å². The van der Waals surface area contributed by atoms with Gasteiger partial charge in [0.2, 0.25) is 5.88 Å². The molecule has 1 aromatic carbocycles. The van der Waals surface area contributed by atoms with Crippen LogP contribution < -0.4 is 10.5 Å². The van der Waals surface area contributed by atoms with E-state index in [4.69, 9.17) is 10.5 Å². The Labute approximate surface area is 109 Å². The molecular formula is C12H12N4O3. The first-order chi connectivity index (χ1) is 8.99. The Morgan fingerprint density at radius 3 is 2.68 bits per heavy atom. The number of nitro groups is 1. The van der Waals surface area contributed by atoms with E-state index in [9.17, 15) is 10.1 Å². The van der Waals surface area contributed by atoms with Gasteiger partial charge in [-0.2, -0.15) is 0 Å². The van der Waals surface area contributed by atoms with E-state index >= 15 is 0 Å². The van der Waals surface area contributed by atoms with Crippen LogP contribution in [-0.2, 0) is 0 Å². The number of nitrogen functional groups attached to an aromatic ring is 1. The van der Waals surface area contributed by atoms with E-state index in [0.29, 0.717) is 28.6 Å². The Kier molecular flexibility index (Phi) is 3.28. The molecule has 0 bridgehead atoms. The Bertz CT molecular complexity index is 643. The minimum atomic E-state index is -0.437. The number of rotatable bonds is 3. The molecule has 0 unspecified atom stereocenters. The van der Waals surface area contributed by atoms with Crippen LogP contribution in [-0.4, -0.2) is 14.9 Å². The van der Waals surface area contributed by atoms with Crippen molar-refractivity contribution in [2.45, 2.75) is 13.8 Å². The predicted octanol–water partition coefficient (Wildman–Crippen LogP) is 2.38. The van der Waals surface area contributed by atoms with Gasteiger partial charge in [-0.05, 0) is 26.0 Å². The van der Waals surface area contributed by atoms with Crippen LogP contribution >= 0.6 is 0 Å². The fourth-order valence-electron chi connectivity index (χ4n) is 1.56. The molecule has 0 spiro atoms. The van der Waals surface area contributed by atoms with Gasteiger partial charge in [-0.25, -0.2) is 9.97 Å². The molecule has 0 radical (unpaired) electrons. The summed E-state index contributed by atoms with van der Waals surface area (Å²) in [7, 11) is 0. The van der Waals surface area contributed by atoms with Gasteiger partial charge in [0, 0.05) is 11.6 Å². The van der Waals surface area contributed by atoms with E-state index in [1.807, 2.05) is 0 Å². The molecule has 0 aliphatic heterocycles. The lowest BCUT2D eigenvalue weighted by Gasteiger charge is -2.08. The van der Waals surface area contributed by atoms with Crippen molar-refractivity contribution in [2.75, 3.05) is 5.73 Å². The minimum absolute atomic E-state index is 0.0475. The number of aromatic nitrogens is 2. The maximum atomic E-state index is 10.7. The number of nitro benzene ring substituents is 1. The highest BCUT2D eigenvalue weighted by molar-refractivity contribution is 5.48. The van der Waals surface area contributed by atoms with Crippen molar-refractivity contribution in [3.8, 4) is 11.6 Å². The van der Waals surface area contributed by atoms with E-state index < -0.39 is 4.92 Å². The largest absolute Gasteiger partial charge is 0.439 e. The number of ether oxygens (including phenoxy) is 1. The van der Waals surface area contributed by atoms with Gasteiger partial charge in [-0.15, -0.1) is 0 Å². The molecule has 7 heteroatoms. The van der Waals surface area contributed by atoms with Gasteiger partial charge in [0.05, 0.1) is 10.5 Å². The average molecular weight is 260 g/mol. The fourth-order valence-corrected chi connectivity index (χ4v) is 1.56. The SMILES string of the molecule is Cc1cc(Oc2ncnc(N)c2C)ccc1[N+](=O)[O-]. The third-order valence-corrected chi connectivity index (χ3v) is 2.66. The summed E-state index contributed by atoms with van der Waals surface area (Å²) in [6, 6.07) is 4.49. The van der Waals surface area contributed by atoms with Crippen LogP contribution in [0, 0.1) is 24.0 Å². The summed E-state index contributed by atoms with van der Waals surface area (Å²) in [5, 5.41) is 10.7. The summed E-state index contributed by atoms with van der Waals surface area (Å²) in [5.41, 5.74) is 6.83. The monoisotopic (exact) mass is 260 g/mol. The van der Waals surface area contributed by atoms with Gasteiger partial charge in [-0.3, -0.25) is 10.1 Å². The smallest absolute Gasteiger partial charge is 0.272 e. The minimum Gasteiger partial charge on any atom is -0.439 e. The van der Waals surface area contributed by atoms with Crippen molar-refractivity contribution < 1.29 is 9.66 Å². The van der Waals surface area contributed by atoms with E-state index in [-0.39, 0.29) is 5.69 Å². The van der Waals surface area contributed by atoms with Crippen LogP contribution in [0.15, 0.2) is 24.5 Å². The molecule has 2 N–H and O–H groups in total. The fraction of sp³-hybridized carbons (Fsp3) is 0.167. The molecule has 2 aromatic rings. The van der Waals surface area contributed by atoms with Crippen LogP contribution in [0.25, 0.3) is 0 Å². The van der Waals surface area contributed by atoms with Gasteiger partial charge >= 0.3 is 0 Å². The first kappa shape index (κ1) is 12.7. The van der Waals surface area contributed by atoms with Crippen molar-refractivity contribution >= 4 is 11.5 Å². The first-order valence-electron chi connectivity index (χ1n) is 5.49. The van der Waals surface area contributed by atoms with Crippen LogP contribution in [0.5, 0.6) is 11.6 Å². The molecule has 0 aliphatic rings. The molecule has 0 aliphatic carbocycles. The lowest BCUT2D eigenvalue weighted by atomic mass is 10.2. The topological polar surface area (TPSA) is 104 Å². The summed E-state index contributed by atoms with van der Waals surface area (Å²) in [6.45, 7) is 3.38. The summed E-state index contributed by atoms with van der Waals surface area (Å²) in [6.07, 6.45) is 1.30. The predicted molar refractivity (Wildman–Crippen MR) is 69.1 cm³/mol. The highest BCUT2D eigenvalue weighted by atomic mass is 16.6. The number of anilines is 1. The highest BCUT2D eigenvalue weighted by Crippen LogP contribution is 2.28. The number of nitrogens with zero attached hydrogens (tertiary/aromatic N) is 3. The van der Waals surface area contributed by atoms with Crippen molar-refractivity contribution in [3.05, 3.63) is 45.8 Å². The van der Waals surface area contributed by atoms with E-state index in [2.05, 4.69) is 9.97 Å². The molecular weight excluding hydrogens is 248 g/mol. The number of hydrogen-bond donors (Lipinski definition) is 1. The molecule has 1 heterocycles. The molecule has 0 fully saturated rings. The second-order valence-corrected chi connectivity index (χ2v) is 4.00. The van der Waals surface area contributed by atoms with Crippen LogP contribution in [0.3, 0.4) is 0 Å². The van der Waals surface area contributed by atoms with Gasteiger partial charge in [-0.1, -0.05) is 0 Å². The van der Waals surface area contributed by atoms with Gasteiger partial charge in [0.15, 0.2) is 0 Å². The zero-order valence-electron chi connectivity index (χ0n) is 10.5. The zero-order chi connectivity index (χ0) is 14.0. The van der Waals surface area contributed by atoms with Crippen molar-refractivity contribution in [2.24, 2.45) is 0 Å². The Morgan fingerprint density at radius 2 is 2.05 bits per heavy atom. The standard InChI is InChI=1S/C12H12N4O3/c1-7-5-9(3-4-10(7)16(17)18)19-12-8(2)11(13)14-6-15-12/h3-6H,1-2H3,(H2,13,14,15). The lowest BCUT2D eigenvalue weighted by molar-refractivity contribution is -0.385. The number of benzene rings is 1. The van der Waals surface area contributed by atoms with Gasteiger partial charge in [0.1, 0.15) is 17.9 Å². The number of nitrogens with two attached hydrogens (primary N) is 1.